The fourth-order valence-electron chi connectivity index (χ4n) is 3.62. The van der Waals surface area contributed by atoms with E-state index in [2.05, 4.69) is 14.9 Å². The van der Waals surface area contributed by atoms with Crippen LogP contribution < -0.4 is 10.5 Å². The van der Waals surface area contributed by atoms with Crippen molar-refractivity contribution in [2.75, 3.05) is 11.3 Å². The Bertz CT molecular complexity index is 1270. The van der Waals surface area contributed by atoms with Crippen LogP contribution in [-0.2, 0) is 23.0 Å². The Morgan fingerprint density at radius 2 is 1.91 bits per heavy atom. The number of nitrogens with zero attached hydrogens (tertiary/aromatic N) is 3. The van der Waals surface area contributed by atoms with Crippen LogP contribution in [0.25, 0.3) is 0 Å². The summed E-state index contributed by atoms with van der Waals surface area (Å²) in [6.45, 7) is 2.88. The number of primary amides is 1. The molecule has 0 saturated heterocycles. The van der Waals surface area contributed by atoms with Gasteiger partial charge in [-0.3, -0.25) is 9.69 Å². The van der Waals surface area contributed by atoms with Gasteiger partial charge in [-0.25, -0.2) is 21.9 Å². The number of rotatable bonds is 6. The fourth-order valence-corrected chi connectivity index (χ4v) is 4.59. The number of carbonyl (C=O) groups excluding carboxylic acids is 1. The van der Waals surface area contributed by atoms with Gasteiger partial charge in [0.2, 0.25) is 0 Å². The molecule has 168 valence electrons. The highest BCUT2D eigenvalue weighted by Gasteiger charge is 2.25. The number of hydrogen-bond donors (Lipinski definition) is 2. The molecule has 0 fully saturated rings. The summed E-state index contributed by atoms with van der Waals surface area (Å²) in [5, 5.41) is 3.29. The summed E-state index contributed by atoms with van der Waals surface area (Å²) in [6, 6.07) is 7.33. The minimum Gasteiger partial charge on any atom is -0.363 e. The Balaban J connectivity index is 1.56. The number of aromatic nitrogens is 2. The van der Waals surface area contributed by atoms with Gasteiger partial charge in [0.15, 0.2) is 0 Å². The normalized spacial score (nSPS) is 15.2. The molecule has 2 aromatic carbocycles. The van der Waals surface area contributed by atoms with Crippen molar-refractivity contribution in [2.45, 2.75) is 30.8 Å². The lowest BCUT2D eigenvalue weighted by atomic mass is 9.97. The van der Waals surface area contributed by atoms with E-state index in [1.165, 1.54) is 24.3 Å². The van der Waals surface area contributed by atoms with E-state index in [0.717, 1.165) is 17.2 Å². The predicted molar refractivity (Wildman–Crippen MR) is 109 cm³/mol. The van der Waals surface area contributed by atoms with Crippen molar-refractivity contribution in [2.24, 2.45) is 5.73 Å². The largest absolute Gasteiger partial charge is 0.363 e. The lowest BCUT2D eigenvalue weighted by Gasteiger charge is -2.34. The zero-order valence-electron chi connectivity index (χ0n) is 16.9. The van der Waals surface area contributed by atoms with E-state index in [4.69, 9.17) is 10.3 Å². The highest BCUT2D eigenvalue weighted by atomic mass is 32.2. The van der Waals surface area contributed by atoms with Crippen molar-refractivity contribution in [1.82, 2.24) is 15.0 Å². The number of amides is 1. The lowest BCUT2D eigenvalue weighted by molar-refractivity contribution is 0.0987. The number of nitrogens with one attached hydrogen (secondary N) is 1. The van der Waals surface area contributed by atoms with E-state index < -0.39 is 39.4 Å². The molecule has 12 heteroatoms. The number of carbonyl (C=O) groups is 1. The van der Waals surface area contributed by atoms with Crippen LogP contribution in [0, 0.1) is 11.6 Å². The van der Waals surface area contributed by atoms with Gasteiger partial charge in [-0.05, 0) is 59.5 Å². The molecule has 9 nitrogen and oxygen atoms in total. The van der Waals surface area contributed by atoms with Gasteiger partial charge >= 0.3 is 6.01 Å². The molecule has 1 aromatic heterocycles. The number of anilines is 1. The lowest BCUT2D eigenvalue weighted by Crippen LogP contribution is -2.33. The molecule has 0 bridgehead atoms. The van der Waals surface area contributed by atoms with E-state index in [9.17, 15) is 22.0 Å². The summed E-state index contributed by atoms with van der Waals surface area (Å²) >= 11 is 0. The van der Waals surface area contributed by atoms with E-state index in [1.807, 2.05) is 11.8 Å². The summed E-state index contributed by atoms with van der Waals surface area (Å²) in [7, 11) is -4.08. The Hall–Kier alpha value is -3.38. The van der Waals surface area contributed by atoms with Crippen molar-refractivity contribution in [3.63, 3.8) is 0 Å². The minimum absolute atomic E-state index is 0.0404. The summed E-state index contributed by atoms with van der Waals surface area (Å²) in [6.07, 6.45) is 0.650. The maximum Gasteiger partial charge on any atom is 0.335 e. The first kappa shape index (κ1) is 21.8. The molecule has 32 heavy (non-hydrogen) atoms. The molecule has 1 aliphatic heterocycles. The maximum atomic E-state index is 13.6. The molecule has 0 aliphatic carbocycles. The van der Waals surface area contributed by atoms with Crippen LogP contribution in [0.4, 0.5) is 14.8 Å². The standard InChI is InChI=1S/C20H19F2N5O4S/c1-11(13-6-15(21)9-16(22)7-13)27-5-4-12-2-3-17(8-14(12)10-27)32(29,30)26-20-24-19(18(23)28)25-31-20/h2-3,6-9,11H,4-5,10H2,1H3,(H2,23,28)(H,24,25,26)/t11-/m1/s1. The second kappa shape index (κ2) is 8.28. The Morgan fingerprint density at radius 3 is 2.56 bits per heavy atom. The molecule has 2 heterocycles. The summed E-state index contributed by atoms with van der Waals surface area (Å²) in [4.78, 5) is 16.6. The zero-order valence-corrected chi connectivity index (χ0v) is 17.7. The van der Waals surface area contributed by atoms with Crippen LogP contribution in [0.3, 0.4) is 0 Å². The highest BCUT2D eigenvalue weighted by Crippen LogP contribution is 2.30. The monoisotopic (exact) mass is 463 g/mol. The minimum atomic E-state index is -4.08. The van der Waals surface area contributed by atoms with E-state index >= 15 is 0 Å². The van der Waals surface area contributed by atoms with Crippen LogP contribution >= 0.6 is 0 Å². The van der Waals surface area contributed by atoms with Gasteiger partial charge in [0.05, 0.1) is 4.90 Å². The quantitative estimate of drug-likeness (QED) is 0.574. The third kappa shape index (κ3) is 4.46. The van der Waals surface area contributed by atoms with Crippen molar-refractivity contribution < 1.29 is 26.5 Å². The van der Waals surface area contributed by atoms with Crippen LogP contribution in [0.2, 0.25) is 0 Å². The first-order valence-corrected chi connectivity index (χ1v) is 11.1. The second-order valence-electron chi connectivity index (χ2n) is 7.42. The van der Waals surface area contributed by atoms with Crippen molar-refractivity contribution in [1.29, 1.82) is 0 Å². The number of nitrogens with two attached hydrogens (primary N) is 1. The van der Waals surface area contributed by atoms with Crippen LogP contribution in [0.15, 0.2) is 45.8 Å². The maximum absolute atomic E-state index is 13.6. The van der Waals surface area contributed by atoms with Crippen LogP contribution in [0.1, 0.15) is 40.3 Å². The number of halogens is 2. The number of fused-ring (bicyclic) bond motifs is 1. The van der Waals surface area contributed by atoms with Gasteiger partial charge in [0.25, 0.3) is 21.8 Å². The molecule has 0 saturated carbocycles. The van der Waals surface area contributed by atoms with Crippen molar-refractivity contribution in [3.8, 4) is 0 Å². The number of hydrogen-bond acceptors (Lipinski definition) is 7. The molecular weight excluding hydrogens is 444 g/mol. The molecule has 1 atom stereocenters. The van der Waals surface area contributed by atoms with Gasteiger partial charge in [-0.2, -0.15) is 4.98 Å². The fraction of sp³-hybridized carbons (Fsp3) is 0.250. The summed E-state index contributed by atoms with van der Waals surface area (Å²) in [5.41, 5.74) is 7.27. The van der Waals surface area contributed by atoms with Crippen LogP contribution in [-0.4, -0.2) is 35.9 Å². The number of sulfonamides is 1. The average Bonchev–Trinajstić information content (AvgIpc) is 3.20. The Morgan fingerprint density at radius 1 is 1.19 bits per heavy atom. The van der Waals surface area contributed by atoms with Gasteiger partial charge in [-0.15, -0.1) is 0 Å². The van der Waals surface area contributed by atoms with E-state index in [-0.39, 0.29) is 10.9 Å². The topological polar surface area (TPSA) is 131 Å². The molecule has 3 aromatic rings. The predicted octanol–water partition coefficient (Wildman–Crippen LogP) is 2.37. The molecular formula is C20H19F2N5O4S. The molecule has 4 rings (SSSR count). The summed E-state index contributed by atoms with van der Waals surface area (Å²) in [5.74, 6) is -2.71. The molecule has 0 radical (unpaired) electrons. The molecule has 3 N–H and O–H groups in total. The SMILES string of the molecule is C[C@H](c1cc(F)cc(F)c1)N1CCc2ccc(S(=O)(=O)Nc3nc(C(N)=O)no3)cc2C1. The molecule has 0 unspecified atom stereocenters. The Kier molecular flexibility index (Phi) is 5.65. The van der Waals surface area contributed by atoms with Crippen molar-refractivity contribution in [3.05, 3.63) is 70.5 Å². The third-order valence-electron chi connectivity index (χ3n) is 5.31. The van der Waals surface area contributed by atoms with Crippen LogP contribution in [0.5, 0.6) is 0 Å². The molecule has 1 aliphatic rings. The van der Waals surface area contributed by atoms with Gasteiger partial charge in [-0.1, -0.05) is 6.07 Å². The number of benzene rings is 2. The zero-order chi connectivity index (χ0) is 23.0. The first-order valence-electron chi connectivity index (χ1n) is 9.60. The van der Waals surface area contributed by atoms with Gasteiger partial charge < -0.3 is 10.3 Å². The highest BCUT2D eigenvalue weighted by molar-refractivity contribution is 7.92. The molecule has 0 spiro atoms. The Labute approximate surface area is 182 Å². The van der Waals surface area contributed by atoms with Gasteiger partial charge in [0, 0.05) is 25.2 Å². The smallest absolute Gasteiger partial charge is 0.335 e. The second-order valence-corrected chi connectivity index (χ2v) is 9.11. The van der Waals surface area contributed by atoms with E-state index in [0.29, 0.717) is 25.1 Å². The summed E-state index contributed by atoms with van der Waals surface area (Å²) < 4.78 is 59.5. The van der Waals surface area contributed by atoms with E-state index in [1.54, 1.807) is 6.07 Å². The first-order chi connectivity index (χ1) is 15.1. The average molecular weight is 463 g/mol. The third-order valence-corrected chi connectivity index (χ3v) is 6.63. The molecule has 1 amide bonds. The van der Waals surface area contributed by atoms with Crippen molar-refractivity contribution >= 4 is 21.9 Å². The van der Waals surface area contributed by atoms with Gasteiger partial charge in [0.1, 0.15) is 11.6 Å².